The van der Waals surface area contributed by atoms with Crippen LogP contribution in [0.1, 0.15) is 11.1 Å². The predicted octanol–water partition coefficient (Wildman–Crippen LogP) is 14.5. The molecule has 52 heavy (non-hydrogen) atoms. The summed E-state index contributed by atoms with van der Waals surface area (Å²) in [4.78, 5) is 2.44. The highest BCUT2D eigenvalue weighted by molar-refractivity contribution is 6.25. The average molecular weight is 666 g/mol. The third-order valence-electron chi connectivity index (χ3n) is 10.6. The first-order chi connectivity index (χ1) is 25.6. The Hall–Kier alpha value is -6.64. The van der Waals surface area contributed by atoms with Gasteiger partial charge in [-0.25, -0.2) is 0 Å². The summed E-state index contributed by atoms with van der Waals surface area (Å²) in [6.07, 6.45) is 0. The number of anilines is 3. The van der Waals surface area contributed by atoms with E-state index in [4.69, 9.17) is 4.42 Å². The molecule has 0 spiro atoms. The highest BCUT2D eigenvalue weighted by Gasteiger charge is 2.21. The second-order valence-electron chi connectivity index (χ2n) is 13.8. The van der Waals surface area contributed by atoms with Crippen molar-refractivity contribution in [3.05, 3.63) is 187 Å². The zero-order chi connectivity index (χ0) is 34.8. The van der Waals surface area contributed by atoms with Crippen LogP contribution in [0.4, 0.5) is 17.1 Å². The van der Waals surface area contributed by atoms with Crippen LogP contribution in [0, 0.1) is 13.8 Å². The fraction of sp³-hybridized carbons (Fsp3) is 0.0400. The number of aryl methyl sites for hydroxylation is 2. The van der Waals surface area contributed by atoms with Crippen molar-refractivity contribution in [3.63, 3.8) is 0 Å². The Bertz CT molecular complexity index is 2910. The number of rotatable bonds is 5. The van der Waals surface area contributed by atoms with E-state index in [1.165, 1.54) is 60.3 Å². The molecule has 10 aromatic rings. The van der Waals surface area contributed by atoms with Gasteiger partial charge in [0.25, 0.3) is 0 Å². The third kappa shape index (κ3) is 4.80. The maximum absolute atomic E-state index is 6.43. The quantitative estimate of drug-likeness (QED) is 0.170. The van der Waals surface area contributed by atoms with Crippen LogP contribution in [-0.4, -0.2) is 0 Å². The van der Waals surface area contributed by atoms with Gasteiger partial charge in [0, 0.05) is 27.7 Å². The molecular formula is C50H35NO. The normalized spacial score (nSPS) is 11.7. The fourth-order valence-electron chi connectivity index (χ4n) is 8.31. The zero-order valence-corrected chi connectivity index (χ0v) is 29.1. The number of furan rings is 1. The van der Waals surface area contributed by atoms with Crippen LogP contribution < -0.4 is 4.90 Å². The minimum Gasteiger partial charge on any atom is -0.455 e. The van der Waals surface area contributed by atoms with Gasteiger partial charge in [0.05, 0.1) is 5.69 Å². The van der Waals surface area contributed by atoms with Crippen LogP contribution in [0.25, 0.3) is 76.5 Å². The first-order valence-corrected chi connectivity index (χ1v) is 17.9. The number of para-hydroxylation sites is 2. The molecule has 9 aromatic carbocycles. The van der Waals surface area contributed by atoms with E-state index in [-0.39, 0.29) is 0 Å². The molecule has 2 nitrogen and oxygen atoms in total. The molecule has 0 radical (unpaired) electrons. The van der Waals surface area contributed by atoms with Crippen LogP contribution in [0.15, 0.2) is 180 Å². The molecule has 246 valence electrons. The molecule has 10 rings (SSSR count). The van der Waals surface area contributed by atoms with Crippen molar-refractivity contribution in [2.75, 3.05) is 4.90 Å². The largest absolute Gasteiger partial charge is 0.455 e. The Kier molecular flexibility index (Phi) is 6.97. The lowest BCUT2D eigenvalue weighted by atomic mass is 9.93. The summed E-state index contributed by atoms with van der Waals surface area (Å²) in [5.41, 5.74) is 12.4. The van der Waals surface area contributed by atoms with Crippen molar-refractivity contribution in [1.82, 2.24) is 0 Å². The maximum atomic E-state index is 6.43. The van der Waals surface area contributed by atoms with E-state index >= 15 is 0 Å². The second kappa shape index (κ2) is 12.0. The van der Waals surface area contributed by atoms with E-state index in [9.17, 15) is 0 Å². The lowest BCUT2D eigenvalue weighted by Gasteiger charge is -2.30. The molecule has 1 aromatic heterocycles. The van der Waals surface area contributed by atoms with Gasteiger partial charge in [-0.15, -0.1) is 0 Å². The van der Waals surface area contributed by atoms with Crippen LogP contribution in [0.3, 0.4) is 0 Å². The lowest BCUT2D eigenvalue weighted by Crippen LogP contribution is -2.13. The third-order valence-corrected chi connectivity index (χ3v) is 10.6. The zero-order valence-electron chi connectivity index (χ0n) is 29.1. The molecule has 1 heterocycles. The van der Waals surface area contributed by atoms with Gasteiger partial charge in [0.1, 0.15) is 11.2 Å². The van der Waals surface area contributed by atoms with Crippen molar-refractivity contribution in [2.24, 2.45) is 0 Å². The summed E-state index contributed by atoms with van der Waals surface area (Å²) < 4.78 is 6.43. The summed E-state index contributed by atoms with van der Waals surface area (Å²) in [6.45, 7) is 4.48. The van der Waals surface area contributed by atoms with Crippen molar-refractivity contribution in [2.45, 2.75) is 13.8 Å². The minimum atomic E-state index is 0.911. The molecule has 0 atom stereocenters. The van der Waals surface area contributed by atoms with Crippen molar-refractivity contribution >= 4 is 71.3 Å². The van der Waals surface area contributed by atoms with Crippen molar-refractivity contribution in [3.8, 4) is 22.3 Å². The summed E-state index contributed by atoms with van der Waals surface area (Å²) in [7, 11) is 0. The van der Waals surface area contributed by atoms with Crippen molar-refractivity contribution < 1.29 is 4.42 Å². The first-order valence-electron chi connectivity index (χ1n) is 17.9. The van der Waals surface area contributed by atoms with Gasteiger partial charge >= 0.3 is 0 Å². The topological polar surface area (TPSA) is 16.4 Å². The Morgan fingerprint density at radius 2 is 0.904 bits per heavy atom. The minimum absolute atomic E-state index is 0.911. The Labute approximate surface area is 302 Å². The molecule has 0 amide bonds. The van der Waals surface area contributed by atoms with Gasteiger partial charge in [0.15, 0.2) is 0 Å². The number of benzene rings is 9. The van der Waals surface area contributed by atoms with Crippen LogP contribution >= 0.6 is 0 Å². The average Bonchev–Trinajstić information content (AvgIpc) is 3.59. The van der Waals surface area contributed by atoms with Gasteiger partial charge in [-0.1, -0.05) is 133 Å². The molecule has 2 heteroatoms. The maximum Gasteiger partial charge on any atom is 0.143 e. The SMILES string of the molecule is Cc1cc(-c2ccccc2)cc(C)c1N(c1ccc(-c2cccc3c2oc2ccccc23)cc1)c1ccc2c3ccccc3c3ccccc3c2c1. The Balaban J connectivity index is 1.18. The molecular weight excluding hydrogens is 631 g/mol. The molecule has 0 N–H and O–H groups in total. The summed E-state index contributed by atoms with van der Waals surface area (Å²) in [5.74, 6) is 0. The first kappa shape index (κ1) is 30.2. The summed E-state index contributed by atoms with van der Waals surface area (Å²) >= 11 is 0. The lowest BCUT2D eigenvalue weighted by molar-refractivity contribution is 0.670. The van der Waals surface area contributed by atoms with Gasteiger partial charge in [-0.2, -0.15) is 0 Å². The standard InChI is InChI=1S/C50H35NO/c1-32-29-36(34-13-4-3-5-14-34)30-33(2)49(32)51(38-27-28-44-42-17-7-6-15-40(42)41-16-8-9-18-43(41)47(44)31-38)37-25-23-35(24-26-37)39-20-12-21-46-45-19-10-11-22-48(45)52-50(39)46/h3-31H,1-2H3. The number of hydrogen-bond donors (Lipinski definition) is 0. The molecule has 0 unspecified atom stereocenters. The van der Waals surface area contributed by atoms with Crippen LogP contribution in [0.2, 0.25) is 0 Å². The molecule has 0 aliphatic rings. The smallest absolute Gasteiger partial charge is 0.143 e. The van der Waals surface area contributed by atoms with E-state index in [1.807, 2.05) is 12.1 Å². The van der Waals surface area contributed by atoms with Crippen LogP contribution in [-0.2, 0) is 0 Å². The number of fused-ring (bicyclic) bond motifs is 9. The van der Waals surface area contributed by atoms with E-state index in [0.717, 1.165) is 44.4 Å². The number of nitrogens with zero attached hydrogens (tertiary/aromatic N) is 1. The Morgan fingerprint density at radius 3 is 1.58 bits per heavy atom. The molecule has 0 aliphatic carbocycles. The highest BCUT2D eigenvalue weighted by Crippen LogP contribution is 2.44. The van der Waals surface area contributed by atoms with Crippen molar-refractivity contribution in [1.29, 1.82) is 0 Å². The van der Waals surface area contributed by atoms with E-state index in [0.29, 0.717) is 0 Å². The molecule has 0 fully saturated rings. The second-order valence-corrected chi connectivity index (χ2v) is 13.8. The van der Waals surface area contributed by atoms with Gasteiger partial charge in [-0.05, 0) is 116 Å². The van der Waals surface area contributed by atoms with E-state index in [1.54, 1.807) is 0 Å². The summed E-state index contributed by atoms with van der Waals surface area (Å²) in [6, 6.07) is 63.6. The highest BCUT2D eigenvalue weighted by atomic mass is 16.3. The molecule has 0 saturated heterocycles. The molecule has 0 bridgehead atoms. The summed E-state index contributed by atoms with van der Waals surface area (Å²) in [5, 5.41) is 9.90. The van der Waals surface area contributed by atoms with Gasteiger partial charge in [-0.3, -0.25) is 0 Å². The van der Waals surface area contributed by atoms with Gasteiger partial charge < -0.3 is 9.32 Å². The van der Waals surface area contributed by atoms with E-state index < -0.39 is 0 Å². The monoisotopic (exact) mass is 665 g/mol. The van der Waals surface area contributed by atoms with E-state index in [2.05, 4.69) is 183 Å². The van der Waals surface area contributed by atoms with Crippen LogP contribution in [0.5, 0.6) is 0 Å². The Morgan fingerprint density at radius 1 is 0.365 bits per heavy atom. The molecule has 0 saturated carbocycles. The fourth-order valence-corrected chi connectivity index (χ4v) is 8.31. The molecule has 0 aliphatic heterocycles. The predicted molar refractivity (Wildman–Crippen MR) is 221 cm³/mol. The number of hydrogen-bond acceptors (Lipinski definition) is 2. The van der Waals surface area contributed by atoms with Gasteiger partial charge in [0.2, 0.25) is 0 Å².